The van der Waals surface area contributed by atoms with Crippen LogP contribution in [0.25, 0.3) is 0 Å². The quantitative estimate of drug-likeness (QED) is 0.593. The van der Waals surface area contributed by atoms with Crippen LogP contribution in [0.5, 0.6) is 0 Å². The molecule has 0 unspecified atom stereocenters. The zero-order valence-corrected chi connectivity index (χ0v) is 9.46. The Morgan fingerprint density at radius 2 is 1.87 bits per heavy atom. The lowest BCUT2D eigenvalue weighted by atomic mass is 10.0. The minimum atomic E-state index is 0.524. The molecule has 0 heterocycles. The Morgan fingerprint density at radius 1 is 1.27 bits per heavy atom. The number of nitrogens with zero attached hydrogens (tertiary/aromatic N) is 1. The molecule has 0 saturated heterocycles. The predicted molar refractivity (Wildman–Crippen MR) is 64.3 cm³/mol. The Morgan fingerprint density at radius 3 is 2.40 bits per heavy atom. The molecule has 1 fully saturated rings. The number of amidine groups is 1. The van der Waals surface area contributed by atoms with E-state index in [2.05, 4.69) is 37.0 Å². The molecule has 2 nitrogen and oxygen atoms in total. The van der Waals surface area contributed by atoms with Gasteiger partial charge in [0.25, 0.3) is 0 Å². The van der Waals surface area contributed by atoms with Crippen LogP contribution >= 0.6 is 0 Å². The summed E-state index contributed by atoms with van der Waals surface area (Å²) in [7, 11) is 0. The molecule has 1 aromatic carbocycles. The molecule has 0 aromatic heterocycles. The Hall–Kier alpha value is -1.31. The van der Waals surface area contributed by atoms with Crippen LogP contribution in [0.3, 0.4) is 0 Å². The molecule has 1 aliphatic rings. The Kier molecular flexibility index (Phi) is 2.76. The van der Waals surface area contributed by atoms with Gasteiger partial charge in [0.2, 0.25) is 0 Å². The summed E-state index contributed by atoms with van der Waals surface area (Å²) in [5, 5.41) is 0. The van der Waals surface area contributed by atoms with Crippen LogP contribution in [-0.2, 0) is 6.42 Å². The number of benzene rings is 1. The van der Waals surface area contributed by atoms with Crippen LogP contribution in [0.15, 0.2) is 23.2 Å². The van der Waals surface area contributed by atoms with Gasteiger partial charge in [0.1, 0.15) is 0 Å². The van der Waals surface area contributed by atoms with Crippen LogP contribution in [0.4, 0.5) is 0 Å². The third kappa shape index (κ3) is 3.08. The van der Waals surface area contributed by atoms with Crippen LogP contribution in [-0.4, -0.2) is 11.9 Å². The lowest BCUT2D eigenvalue weighted by Gasteiger charge is -2.04. The Balaban J connectivity index is 2.09. The van der Waals surface area contributed by atoms with Crippen molar-refractivity contribution >= 4 is 5.84 Å². The third-order valence-electron chi connectivity index (χ3n) is 2.56. The van der Waals surface area contributed by atoms with E-state index < -0.39 is 0 Å². The molecule has 2 heteroatoms. The summed E-state index contributed by atoms with van der Waals surface area (Å²) in [6.45, 7) is 4.23. The second-order valence-corrected chi connectivity index (χ2v) is 4.52. The average Bonchev–Trinajstić information content (AvgIpc) is 2.85. The number of hydrogen-bond acceptors (Lipinski definition) is 1. The second kappa shape index (κ2) is 4.05. The first-order chi connectivity index (χ1) is 7.13. The smallest absolute Gasteiger partial charge is 0.0984 e. The van der Waals surface area contributed by atoms with Crippen molar-refractivity contribution in [3.63, 3.8) is 0 Å². The maximum Gasteiger partial charge on any atom is 0.0984 e. The van der Waals surface area contributed by atoms with Crippen LogP contribution in [0.2, 0.25) is 0 Å². The van der Waals surface area contributed by atoms with Crippen LogP contribution in [0.1, 0.15) is 29.5 Å². The maximum atomic E-state index is 5.90. The topological polar surface area (TPSA) is 38.4 Å². The molecular formula is C13H18N2. The zero-order valence-electron chi connectivity index (χ0n) is 9.46. The van der Waals surface area contributed by atoms with E-state index in [1.165, 1.54) is 29.5 Å². The minimum Gasteiger partial charge on any atom is -0.387 e. The first kappa shape index (κ1) is 10.2. The standard InChI is InChI=1S/C13H18N2/c1-9-5-10(2)7-11(6-9)8-13(14)15-12-3-4-12/h5-7,12H,3-4,8H2,1-2H3,(H2,14,15). The van der Waals surface area contributed by atoms with Crippen molar-refractivity contribution in [1.82, 2.24) is 0 Å². The molecule has 1 aliphatic carbocycles. The molecule has 2 rings (SSSR count). The lowest BCUT2D eigenvalue weighted by Crippen LogP contribution is -2.16. The van der Waals surface area contributed by atoms with Gasteiger partial charge in [-0.1, -0.05) is 29.3 Å². The zero-order chi connectivity index (χ0) is 10.8. The van der Waals surface area contributed by atoms with E-state index in [-0.39, 0.29) is 0 Å². The first-order valence-electron chi connectivity index (χ1n) is 5.53. The van der Waals surface area contributed by atoms with E-state index in [1.54, 1.807) is 0 Å². The summed E-state index contributed by atoms with van der Waals surface area (Å²) >= 11 is 0. The molecule has 0 bridgehead atoms. The fourth-order valence-corrected chi connectivity index (χ4v) is 1.86. The minimum absolute atomic E-state index is 0.524. The van der Waals surface area contributed by atoms with E-state index in [0.29, 0.717) is 6.04 Å². The molecule has 1 saturated carbocycles. The number of aliphatic imine (C=N–C) groups is 1. The first-order valence-corrected chi connectivity index (χ1v) is 5.53. The Bertz CT molecular complexity index is 369. The highest BCUT2D eigenvalue weighted by molar-refractivity contribution is 5.83. The highest BCUT2D eigenvalue weighted by Gasteiger charge is 2.20. The van der Waals surface area contributed by atoms with Gasteiger partial charge in [-0.2, -0.15) is 0 Å². The van der Waals surface area contributed by atoms with E-state index in [9.17, 15) is 0 Å². The van der Waals surface area contributed by atoms with E-state index in [4.69, 9.17) is 5.73 Å². The van der Waals surface area contributed by atoms with Gasteiger partial charge in [-0.3, -0.25) is 4.99 Å². The molecule has 15 heavy (non-hydrogen) atoms. The van der Waals surface area contributed by atoms with Crippen LogP contribution in [0, 0.1) is 13.8 Å². The summed E-state index contributed by atoms with van der Waals surface area (Å²) < 4.78 is 0. The largest absolute Gasteiger partial charge is 0.387 e. The van der Waals surface area contributed by atoms with Crippen molar-refractivity contribution in [3.8, 4) is 0 Å². The van der Waals surface area contributed by atoms with Gasteiger partial charge >= 0.3 is 0 Å². The highest BCUT2D eigenvalue weighted by Crippen LogP contribution is 2.23. The van der Waals surface area contributed by atoms with Gasteiger partial charge in [0.15, 0.2) is 0 Å². The monoisotopic (exact) mass is 202 g/mol. The summed E-state index contributed by atoms with van der Waals surface area (Å²) in [6.07, 6.45) is 3.22. The normalized spacial score (nSPS) is 16.8. The van der Waals surface area contributed by atoms with E-state index in [1.807, 2.05) is 0 Å². The summed E-state index contributed by atoms with van der Waals surface area (Å²) in [5.41, 5.74) is 9.76. The van der Waals surface area contributed by atoms with Crippen molar-refractivity contribution in [3.05, 3.63) is 34.9 Å². The summed E-state index contributed by atoms with van der Waals surface area (Å²) in [4.78, 5) is 4.44. The fraction of sp³-hybridized carbons (Fsp3) is 0.462. The van der Waals surface area contributed by atoms with Crippen molar-refractivity contribution < 1.29 is 0 Å². The lowest BCUT2D eigenvalue weighted by molar-refractivity contribution is 1.04. The van der Waals surface area contributed by atoms with Gasteiger partial charge in [-0.25, -0.2) is 0 Å². The molecule has 0 radical (unpaired) electrons. The molecule has 0 aliphatic heterocycles. The van der Waals surface area contributed by atoms with Gasteiger partial charge in [0, 0.05) is 6.42 Å². The molecule has 80 valence electrons. The second-order valence-electron chi connectivity index (χ2n) is 4.52. The van der Waals surface area contributed by atoms with Crippen molar-refractivity contribution in [2.24, 2.45) is 10.7 Å². The SMILES string of the molecule is Cc1cc(C)cc(CC(N)=NC2CC2)c1. The van der Waals surface area contributed by atoms with Crippen molar-refractivity contribution in [2.45, 2.75) is 39.2 Å². The van der Waals surface area contributed by atoms with Crippen LogP contribution < -0.4 is 5.73 Å². The van der Waals surface area contributed by atoms with Gasteiger partial charge < -0.3 is 5.73 Å². The molecule has 2 N–H and O–H groups in total. The molecule has 0 amide bonds. The van der Waals surface area contributed by atoms with Gasteiger partial charge in [0.05, 0.1) is 11.9 Å². The average molecular weight is 202 g/mol. The number of aryl methyl sites for hydroxylation is 2. The fourth-order valence-electron chi connectivity index (χ4n) is 1.86. The molecule has 0 spiro atoms. The molecule has 1 aromatic rings. The van der Waals surface area contributed by atoms with Crippen molar-refractivity contribution in [1.29, 1.82) is 0 Å². The van der Waals surface area contributed by atoms with Crippen molar-refractivity contribution in [2.75, 3.05) is 0 Å². The third-order valence-corrected chi connectivity index (χ3v) is 2.56. The molecule has 0 atom stereocenters. The molecular weight excluding hydrogens is 184 g/mol. The maximum absolute atomic E-state index is 5.90. The van der Waals surface area contributed by atoms with Gasteiger partial charge in [-0.05, 0) is 32.3 Å². The summed E-state index contributed by atoms with van der Waals surface area (Å²) in [5.74, 6) is 0.780. The van der Waals surface area contributed by atoms with E-state index >= 15 is 0 Å². The van der Waals surface area contributed by atoms with E-state index in [0.717, 1.165) is 12.3 Å². The number of hydrogen-bond donors (Lipinski definition) is 1. The highest BCUT2D eigenvalue weighted by atomic mass is 14.9. The summed E-state index contributed by atoms with van der Waals surface area (Å²) in [6, 6.07) is 7.07. The van der Waals surface area contributed by atoms with Gasteiger partial charge in [-0.15, -0.1) is 0 Å². The predicted octanol–water partition coefficient (Wildman–Crippen LogP) is 2.37. The Labute approximate surface area is 91.2 Å². The number of rotatable bonds is 3. The number of nitrogens with two attached hydrogens (primary N) is 1.